The van der Waals surface area contributed by atoms with Crippen LogP contribution in [0.2, 0.25) is 0 Å². The fraction of sp³-hybridized carbons (Fsp3) is 0.692. The lowest BCUT2D eigenvalue weighted by atomic mass is 9.82. The van der Waals surface area contributed by atoms with Gasteiger partial charge in [0.1, 0.15) is 0 Å². The quantitative estimate of drug-likeness (QED) is 0.780. The Morgan fingerprint density at radius 1 is 1.20 bits per heavy atom. The van der Waals surface area contributed by atoms with Crippen LogP contribution in [0.5, 0.6) is 0 Å². The minimum atomic E-state index is 0.184. The minimum Gasteiger partial charge on any atom is -0.364 e. The highest BCUT2D eigenvalue weighted by Crippen LogP contribution is 2.26. The van der Waals surface area contributed by atoms with Gasteiger partial charge >= 0.3 is 0 Å². The molecule has 2 N–H and O–H groups in total. The number of aromatic nitrogens is 1. The molecule has 0 atom stereocenters. The molecule has 1 rings (SSSR count). The largest absolute Gasteiger partial charge is 0.364 e. The van der Waals surface area contributed by atoms with Crippen LogP contribution in [0.4, 0.5) is 0 Å². The molecular weight excluding hydrogens is 184 g/mol. The van der Waals surface area contributed by atoms with E-state index in [1.165, 1.54) is 12.1 Å². The Morgan fingerprint density at radius 3 is 2.33 bits per heavy atom. The molecule has 0 aromatic carbocycles. The summed E-state index contributed by atoms with van der Waals surface area (Å²) in [4.78, 5) is 3.21. The number of nitrogens with one attached hydrogen (secondary N) is 2. The summed E-state index contributed by atoms with van der Waals surface area (Å²) >= 11 is 0. The molecular formula is C13H24N2. The van der Waals surface area contributed by atoms with Crippen LogP contribution in [0.15, 0.2) is 18.3 Å². The van der Waals surface area contributed by atoms with Gasteiger partial charge in [0.2, 0.25) is 0 Å². The van der Waals surface area contributed by atoms with Gasteiger partial charge < -0.3 is 10.3 Å². The first-order valence-corrected chi connectivity index (χ1v) is 5.66. The zero-order valence-electron chi connectivity index (χ0n) is 10.6. The van der Waals surface area contributed by atoms with E-state index in [0.717, 1.165) is 6.54 Å². The van der Waals surface area contributed by atoms with E-state index >= 15 is 0 Å². The molecule has 0 aliphatic heterocycles. The van der Waals surface area contributed by atoms with Gasteiger partial charge in [0, 0.05) is 24.0 Å². The first kappa shape index (κ1) is 12.3. The average molecular weight is 208 g/mol. The van der Waals surface area contributed by atoms with E-state index in [1.807, 2.05) is 12.3 Å². The monoisotopic (exact) mass is 208 g/mol. The SMILES string of the molecule is CC(C)(C)CC(C)(C)NCc1ccc[nH]1. The number of rotatable bonds is 4. The highest BCUT2D eigenvalue weighted by Gasteiger charge is 2.24. The van der Waals surface area contributed by atoms with Gasteiger partial charge in [-0.05, 0) is 37.8 Å². The van der Waals surface area contributed by atoms with Crippen molar-refractivity contribution < 1.29 is 0 Å². The van der Waals surface area contributed by atoms with Gasteiger partial charge in [0.15, 0.2) is 0 Å². The molecule has 0 bridgehead atoms. The lowest BCUT2D eigenvalue weighted by Gasteiger charge is -2.33. The predicted molar refractivity (Wildman–Crippen MR) is 65.8 cm³/mol. The van der Waals surface area contributed by atoms with Gasteiger partial charge in [-0.25, -0.2) is 0 Å². The summed E-state index contributed by atoms with van der Waals surface area (Å²) in [5.74, 6) is 0. The molecule has 0 unspecified atom stereocenters. The van der Waals surface area contributed by atoms with E-state index in [1.54, 1.807) is 0 Å². The topological polar surface area (TPSA) is 27.8 Å². The molecule has 1 heterocycles. The molecule has 0 aliphatic carbocycles. The van der Waals surface area contributed by atoms with Crippen LogP contribution in [0.3, 0.4) is 0 Å². The molecule has 0 fully saturated rings. The average Bonchev–Trinajstić information content (AvgIpc) is 2.47. The van der Waals surface area contributed by atoms with Crippen molar-refractivity contribution in [2.24, 2.45) is 5.41 Å². The second-order valence-corrected chi connectivity index (χ2v) is 6.17. The van der Waals surface area contributed by atoms with Crippen LogP contribution in [0.1, 0.15) is 46.7 Å². The van der Waals surface area contributed by atoms with E-state index in [4.69, 9.17) is 0 Å². The molecule has 0 radical (unpaired) electrons. The van der Waals surface area contributed by atoms with E-state index in [-0.39, 0.29) is 5.54 Å². The van der Waals surface area contributed by atoms with Crippen LogP contribution in [0, 0.1) is 5.41 Å². The summed E-state index contributed by atoms with van der Waals surface area (Å²) in [6, 6.07) is 4.15. The van der Waals surface area contributed by atoms with Crippen molar-refractivity contribution in [2.45, 2.75) is 53.1 Å². The van der Waals surface area contributed by atoms with Crippen LogP contribution in [-0.4, -0.2) is 10.5 Å². The highest BCUT2D eigenvalue weighted by atomic mass is 15.0. The van der Waals surface area contributed by atoms with Crippen molar-refractivity contribution >= 4 is 0 Å². The Labute approximate surface area is 93.5 Å². The van der Waals surface area contributed by atoms with Crippen LogP contribution < -0.4 is 5.32 Å². The lowest BCUT2D eigenvalue weighted by Crippen LogP contribution is -2.41. The molecule has 86 valence electrons. The Morgan fingerprint density at radius 2 is 1.87 bits per heavy atom. The molecule has 2 heteroatoms. The van der Waals surface area contributed by atoms with Gasteiger partial charge in [0.05, 0.1) is 0 Å². The number of H-pyrrole nitrogens is 1. The lowest BCUT2D eigenvalue weighted by molar-refractivity contribution is 0.240. The standard InChI is InChI=1S/C13H24N2/c1-12(2,3)10-13(4,5)15-9-11-7-6-8-14-11/h6-8,14-15H,9-10H2,1-5H3. The fourth-order valence-electron chi connectivity index (χ4n) is 2.20. The third kappa shape index (κ3) is 5.03. The number of aromatic amines is 1. The third-order valence-corrected chi connectivity index (χ3v) is 2.39. The Bertz CT molecular complexity index is 278. The maximum atomic E-state index is 3.59. The zero-order chi connectivity index (χ0) is 11.5. The van der Waals surface area contributed by atoms with Crippen molar-refractivity contribution in [2.75, 3.05) is 0 Å². The van der Waals surface area contributed by atoms with Crippen molar-refractivity contribution in [3.8, 4) is 0 Å². The Balaban J connectivity index is 2.43. The van der Waals surface area contributed by atoms with E-state index in [2.05, 4.69) is 51.0 Å². The minimum absolute atomic E-state index is 0.184. The maximum absolute atomic E-state index is 3.59. The van der Waals surface area contributed by atoms with Crippen molar-refractivity contribution in [1.29, 1.82) is 0 Å². The van der Waals surface area contributed by atoms with Gasteiger partial charge in [-0.2, -0.15) is 0 Å². The predicted octanol–water partition coefficient (Wildman–Crippen LogP) is 3.32. The van der Waals surface area contributed by atoms with E-state index in [9.17, 15) is 0 Å². The normalized spacial score (nSPS) is 13.1. The summed E-state index contributed by atoms with van der Waals surface area (Å²) in [6.45, 7) is 12.3. The van der Waals surface area contributed by atoms with Gasteiger partial charge in [-0.3, -0.25) is 0 Å². The summed E-state index contributed by atoms with van der Waals surface area (Å²) in [6.07, 6.45) is 3.13. The van der Waals surface area contributed by atoms with Crippen LogP contribution in [-0.2, 0) is 6.54 Å². The molecule has 0 saturated carbocycles. The van der Waals surface area contributed by atoms with Crippen molar-refractivity contribution in [3.63, 3.8) is 0 Å². The highest BCUT2D eigenvalue weighted by molar-refractivity contribution is 5.03. The van der Waals surface area contributed by atoms with E-state index in [0.29, 0.717) is 5.41 Å². The second-order valence-electron chi connectivity index (χ2n) is 6.17. The molecule has 0 saturated heterocycles. The number of hydrogen-bond acceptors (Lipinski definition) is 1. The first-order valence-electron chi connectivity index (χ1n) is 5.66. The van der Waals surface area contributed by atoms with Gasteiger partial charge in [0.25, 0.3) is 0 Å². The second kappa shape index (κ2) is 4.40. The summed E-state index contributed by atoms with van der Waals surface area (Å²) in [7, 11) is 0. The van der Waals surface area contributed by atoms with Gasteiger partial charge in [-0.15, -0.1) is 0 Å². The molecule has 1 aromatic rings. The van der Waals surface area contributed by atoms with E-state index < -0.39 is 0 Å². The molecule has 15 heavy (non-hydrogen) atoms. The summed E-state index contributed by atoms with van der Waals surface area (Å²) < 4.78 is 0. The van der Waals surface area contributed by atoms with Crippen LogP contribution >= 0.6 is 0 Å². The molecule has 0 spiro atoms. The first-order chi connectivity index (χ1) is 6.79. The molecule has 1 aromatic heterocycles. The smallest absolute Gasteiger partial charge is 0.0361 e. The summed E-state index contributed by atoms with van der Waals surface area (Å²) in [5.41, 5.74) is 1.80. The summed E-state index contributed by atoms with van der Waals surface area (Å²) in [5, 5.41) is 3.59. The molecule has 0 amide bonds. The maximum Gasteiger partial charge on any atom is 0.0361 e. The molecule has 0 aliphatic rings. The Hall–Kier alpha value is -0.760. The van der Waals surface area contributed by atoms with Gasteiger partial charge in [-0.1, -0.05) is 20.8 Å². The van der Waals surface area contributed by atoms with Crippen LogP contribution in [0.25, 0.3) is 0 Å². The Kier molecular flexibility index (Phi) is 3.61. The van der Waals surface area contributed by atoms with Crippen molar-refractivity contribution in [1.82, 2.24) is 10.3 Å². The third-order valence-electron chi connectivity index (χ3n) is 2.39. The van der Waals surface area contributed by atoms with Crippen molar-refractivity contribution in [3.05, 3.63) is 24.0 Å². The fourth-order valence-corrected chi connectivity index (χ4v) is 2.20. The molecule has 2 nitrogen and oxygen atoms in total. The number of hydrogen-bond donors (Lipinski definition) is 2. The zero-order valence-corrected chi connectivity index (χ0v) is 10.6.